The van der Waals surface area contributed by atoms with Crippen LogP contribution in [-0.2, 0) is 6.54 Å². The van der Waals surface area contributed by atoms with E-state index < -0.39 is 0 Å². The predicted molar refractivity (Wildman–Crippen MR) is 120 cm³/mol. The van der Waals surface area contributed by atoms with Crippen molar-refractivity contribution in [1.29, 1.82) is 0 Å². The number of hydrogen-bond acceptors (Lipinski definition) is 5. The summed E-state index contributed by atoms with van der Waals surface area (Å²) < 4.78 is 3.99. The molecule has 0 saturated carbocycles. The molecule has 4 aromatic heterocycles. The van der Waals surface area contributed by atoms with Crippen molar-refractivity contribution in [3.05, 3.63) is 95.9 Å². The Labute approximate surface area is 185 Å². The molecule has 0 bridgehead atoms. The molecule has 0 aromatic carbocycles. The Bertz CT molecular complexity index is 1190. The normalized spacial score (nSPS) is 18.4. The quantitative estimate of drug-likeness (QED) is 0.488. The zero-order valence-electron chi connectivity index (χ0n) is 17.3. The molecule has 4 aromatic rings. The Morgan fingerprint density at radius 3 is 2.52 bits per heavy atom. The molecule has 0 aliphatic carbocycles. The van der Waals surface area contributed by atoms with Crippen molar-refractivity contribution >= 4 is 17.3 Å². The third-order valence-corrected chi connectivity index (χ3v) is 6.04. The predicted octanol–water partition coefficient (Wildman–Crippen LogP) is 2.97. The van der Waals surface area contributed by atoms with E-state index in [1.165, 1.54) is 5.56 Å². The Morgan fingerprint density at radius 2 is 1.81 bits per heavy atom. The van der Waals surface area contributed by atoms with E-state index in [-0.39, 0.29) is 12.1 Å². The van der Waals surface area contributed by atoms with Crippen LogP contribution in [0.2, 0.25) is 0 Å². The fraction of sp³-hybridized carbons (Fsp3) is 0.227. The molecule has 5 rings (SSSR count). The van der Waals surface area contributed by atoms with E-state index in [4.69, 9.17) is 12.2 Å². The first-order valence-corrected chi connectivity index (χ1v) is 10.5. The van der Waals surface area contributed by atoms with Crippen molar-refractivity contribution in [2.45, 2.75) is 32.5 Å². The topological polar surface area (TPSA) is 76.7 Å². The van der Waals surface area contributed by atoms with E-state index in [2.05, 4.69) is 55.0 Å². The zero-order valence-corrected chi connectivity index (χ0v) is 18.1. The van der Waals surface area contributed by atoms with Crippen LogP contribution in [0, 0.1) is 13.8 Å². The van der Waals surface area contributed by atoms with Crippen LogP contribution in [0.3, 0.4) is 0 Å². The monoisotopic (exact) mass is 430 g/mol. The summed E-state index contributed by atoms with van der Waals surface area (Å²) in [6.07, 6.45) is 8.84. The lowest BCUT2D eigenvalue weighted by Crippen LogP contribution is -2.29. The Balaban J connectivity index is 1.62. The van der Waals surface area contributed by atoms with Crippen LogP contribution in [0.15, 0.2) is 67.6 Å². The Hall–Kier alpha value is -3.59. The van der Waals surface area contributed by atoms with Gasteiger partial charge in [-0.3, -0.25) is 14.6 Å². The van der Waals surface area contributed by atoms with Gasteiger partial charge in [-0.15, -0.1) is 10.2 Å². The van der Waals surface area contributed by atoms with Gasteiger partial charge in [-0.25, -0.2) is 4.68 Å². The number of rotatable bonds is 5. The first kappa shape index (κ1) is 19.4. The maximum atomic E-state index is 5.80. The summed E-state index contributed by atoms with van der Waals surface area (Å²) in [5, 5.41) is 12.2. The second-order valence-electron chi connectivity index (χ2n) is 7.59. The molecule has 2 atom stereocenters. The van der Waals surface area contributed by atoms with Gasteiger partial charge in [0.15, 0.2) is 5.11 Å². The third-order valence-electron chi connectivity index (χ3n) is 5.69. The van der Waals surface area contributed by atoms with Crippen molar-refractivity contribution in [2.24, 2.45) is 0 Å². The van der Waals surface area contributed by atoms with E-state index in [1.54, 1.807) is 12.7 Å². The Kier molecular flexibility index (Phi) is 4.95. The molecule has 156 valence electrons. The summed E-state index contributed by atoms with van der Waals surface area (Å²) in [6, 6.07) is 12.2. The fourth-order valence-electron chi connectivity index (χ4n) is 4.33. The van der Waals surface area contributed by atoms with Crippen molar-refractivity contribution in [3.8, 4) is 0 Å². The molecule has 1 aliphatic heterocycles. The molecule has 9 heteroatoms. The minimum absolute atomic E-state index is 0.0213. The largest absolute Gasteiger partial charge is 0.352 e. The second-order valence-corrected chi connectivity index (χ2v) is 7.98. The smallest absolute Gasteiger partial charge is 0.170 e. The van der Waals surface area contributed by atoms with Crippen LogP contribution in [0.1, 0.15) is 40.3 Å². The highest BCUT2D eigenvalue weighted by Crippen LogP contribution is 2.41. The van der Waals surface area contributed by atoms with Crippen molar-refractivity contribution in [3.63, 3.8) is 0 Å². The maximum absolute atomic E-state index is 5.80. The summed E-state index contributed by atoms with van der Waals surface area (Å²) in [7, 11) is 0. The van der Waals surface area contributed by atoms with Gasteiger partial charge >= 0.3 is 0 Å². The van der Waals surface area contributed by atoms with Gasteiger partial charge in [-0.2, -0.15) is 0 Å². The number of pyridine rings is 2. The summed E-state index contributed by atoms with van der Waals surface area (Å²) in [6.45, 7) is 4.88. The van der Waals surface area contributed by atoms with Crippen LogP contribution >= 0.6 is 12.2 Å². The summed E-state index contributed by atoms with van der Waals surface area (Å²) in [5.74, 6) is 0. The fourth-order valence-corrected chi connectivity index (χ4v) is 4.64. The van der Waals surface area contributed by atoms with Gasteiger partial charge in [0.2, 0.25) is 0 Å². The van der Waals surface area contributed by atoms with E-state index in [1.807, 2.05) is 53.6 Å². The number of hydrogen-bond donors (Lipinski definition) is 1. The zero-order chi connectivity index (χ0) is 21.4. The number of aromatic nitrogens is 6. The molecule has 0 unspecified atom stereocenters. The number of nitrogens with zero attached hydrogens (tertiary/aromatic N) is 7. The van der Waals surface area contributed by atoms with Gasteiger partial charge in [0.1, 0.15) is 12.7 Å². The lowest BCUT2D eigenvalue weighted by atomic mass is 9.96. The van der Waals surface area contributed by atoms with Gasteiger partial charge in [0, 0.05) is 42.1 Å². The maximum Gasteiger partial charge on any atom is 0.170 e. The van der Waals surface area contributed by atoms with Gasteiger partial charge in [0.25, 0.3) is 0 Å². The van der Waals surface area contributed by atoms with Gasteiger partial charge in [-0.1, -0.05) is 6.07 Å². The SMILES string of the molecule is Cc1cc([C@@H]2[C@H](c3ccccn3)NC(=S)N2Cc2ccncc2)c(C)n1-n1cnnc1. The third kappa shape index (κ3) is 3.46. The van der Waals surface area contributed by atoms with Crippen molar-refractivity contribution in [2.75, 3.05) is 0 Å². The first-order chi connectivity index (χ1) is 15.1. The van der Waals surface area contributed by atoms with E-state index in [0.717, 1.165) is 22.6 Å². The minimum atomic E-state index is -0.0644. The van der Waals surface area contributed by atoms with Crippen molar-refractivity contribution < 1.29 is 0 Å². The second kappa shape index (κ2) is 7.92. The molecule has 5 heterocycles. The average Bonchev–Trinajstić information content (AvgIpc) is 3.49. The molecular weight excluding hydrogens is 408 g/mol. The molecule has 1 fully saturated rings. The average molecular weight is 431 g/mol. The molecular formula is C22H22N8S. The van der Waals surface area contributed by atoms with Crippen LogP contribution in [0.4, 0.5) is 0 Å². The van der Waals surface area contributed by atoms with Crippen LogP contribution in [0.5, 0.6) is 0 Å². The van der Waals surface area contributed by atoms with Crippen LogP contribution < -0.4 is 5.32 Å². The van der Waals surface area contributed by atoms with E-state index in [0.29, 0.717) is 11.7 Å². The van der Waals surface area contributed by atoms with Crippen molar-refractivity contribution in [1.82, 2.24) is 39.7 Å². The van der Waals surface area contributed by atoms with Gasteiger partial charge in [0.05, 0.1) is 17.8 Å². The molecule has 1 aliphatic rings. The Morgan fingerprint density at radius 1 is 1.03 bits per heavy atom. The highest BCUT2D eigenvalue weighted by atomic mass is 32.1. The van der Waals surface area contributed by atoms with Gasteiger partial charge < -0.3 is 10.2 Å². The summed E-state index contributed by atoms with van der Waals surface area (Å²) in [5.41, 5.74) is 5.49. The lowest BCUT2D eigenvalue weighted by Gasteiger charge is -2.28. The number of thiocarbonyl (C=S) groups is 1. The van der Waals surface area contributed by atoms with Crippen LogP contribution in [-0.4, -0.2) is 39.5 Å². The molecule has 8 nitrogen and oxygen atoms in total. The summed E-state index contributed by atoms with van der Waals surface area (Å²) >= 11 is 5.80. The highest BCUT2D eigenvalue weighted by Gasteiger charge is 2.41. The first-order valence-electron chi connectivity index (χ1n) is 10.0. The number of nitrogens with one attached hydrogen (secondary N) is 1. The van der Waals surface area contributed by atoms with E-state index in [9.17, 15) is 0 Å². The minimum Gasteiger partial charge on any atom is -0.352 e. The van der Waals surface area contributed by atoms with Crippen LogP contribution in [0.25, 0.3) is 0 Å². The molecule has 0 radical (unpaired) electrons. The molecule has 31 heavy (non-hydrogen) atoms. The van der Waals surface area contributed by atoms with E-state index >= 15 is 0 Å². The number of aryl methyl sites for hydroxylation is 1. The molecule has 1 N–H and O–H groups in total. The standard InChI is InChI=1S/C22H22N8S/c1-15-11-18(16(2)30(15)28-13-25-26-14-28)21-20(19-5-3-4-8-24-19)27-22(31)29(21)12-17-6-9-23-10-7-17/h3-11,13-14,20-21H,12H2,1-2H3,(H,27,31)/t20-,21+/m0/s1. The summed E-state index contributed by atoms with van der Waals surface area (Å²) in [4.78, 5) is 11.0. The molecule has 0 amide bonds. The van der Waals surface area contributed by atoms with Gasteiger partial charge in [-0.05, 0) is 62.0 Å². The molecule has 0 spiro atoms. The lowest BCUT2D eigenvalue weighted by molar-refractivity contribution is 0.309. The highest BCUT2D eigenvalue weighted by molar-refractivity contribution is 7.80. The molecule has 1 saturated heterocycles.